The summed E-state index contributed by atoms with van der Waals surface area (Å²) in [6, 6.07) is 4.64. The van der Waals surface area contributed by atoms with Gasteiger partial charge in [-0.15, -0.1) is 0 Å². The van der Waals surface area contributed by atoms with Gasteiger partial charge in [0.25, 0.3) is 0 Å². The number of halogens is 1. The molecule has 0 aliphatic rings. The summed E-state index contributed by atoms with van der Waals surface area (Å²) in [5, 5.41) is 10.2. The van der Waals surface area contributed by atoms with Crippen molar-refractivity contribution in [2.24, 2.45) is 0 Å². The summed E-state index contributed by atoms with van der Waals surface area (Å²) in [5.74, 6) is 0.516. The van der Waals surface area contributed by atoms with E-state index in [1.807, 2.05) is 17.7 Å². The maximum Gasteiger partial charge on any atom is 0.123 e. The quantitative estimate of drug-likeness (QED) is 0.899. The minimum Gasteiger partial charge on any atom is -0.388 e. The van der Waals surface area contributed by atoms with Gasteiger partial charge < -0.3 is 9.67 Å². The summed E-state index contributed by atoms with van der Waals surface area (Å²) in [6.07, 6.45) is 4.32. The highest BCUT2D eigenvalue weighted by Crippen LogP contribution is 2.20. The Morgan fingerprint density at radius 3 is 2.84 bits per heavy atom. The summed E-state index contributed by atoms with van der Waals surface area (Å²) in [4.78, 5) is 4.25. The number of imidazole rings is 1. The first-order valence-corrected chi connectivity index (χ1v) is 6.55. The van der Waals surface area contributed by atoms with Crippen LogP contribution in [-0.2, 0) is 13.0 Å². The fourth-order valence-electron chi connectivity index (χ4n) is 2.22. The molecule has 102 valence electrons. The third-order valence-electron chi connectivity index (χ3n) is 3.09. The van der Waals surface area contributed by atoms with Crippen LogP contribution in [0.5, 0.6) is 0 Å². The zero-order chi connectivity index (χ0) is 13.8. The number of hydrogen-bond donors (Lipinski definition) is 1. The Morgan fingerprint density at radius 2 is 2.16 bits per heavy atom. The van der Waals surface area contributed by atoms with Gasteiger partial charge in [0.15, 0.2) is 0 Å². The second kappa shape index (κ2) is 5.97. The summed E-state index contributed by atoms with van der Waals surface area (Å²) >= 11 is 0. The van der Waals surface area contributed by atoms with Crippen molar-refractivity contribution in [3.8, 4) is 0 Å². The van der Waals surface area contributed by atoms with Crippen molar-refractivity contribution in [2.45, 2.75) is 39.3 Å². The summed E-state index contributed by atoms with van der Waals surface area (Å²) in [7, 11) is 0. The van der Waals surface area contributed by atoms with E-state index < -0.39 is 6.10 Å². The van der Waals surface area contributed by atoms with Crippen LogP contribution >= 0.6 is 0 Å². The number of rotatable bonds is 5. The molecule has 0 fully saturated rings. The zero-order valence-electron chi connectivity index (χ0n) is 11.3. The van der Waals surface area contributed by atoms with Gasteiger partial charge in [-0.2, -0.15) is 0 Å². The monoisotopic (exact) mass is 262 g/mol. The summed E-state index contributed by atoms with van der Waals surface area (Å²) in [5.41, 5.74) is 1.41. The fourth-order valence-corrected chi connectivity index (χ4v) is 2.22. The minimum atomic E-state index is -0.729. The third kappa shape index (κ3) is 3.41. The molecular weight excluding hydrogens is 243 g/mol. The van der Waals surface area contributed by atoms with Crippen molar-refractivity contribution in [1.82, 2.24) is 9.55 Å². The number of aryl methyl sites for hydroxylation is 2. The van der Waals surface area contributed by atoms with E-state index in [0.717, 1.165) is 24.4 Å². The Kier molecular flexibility index (Phi) is 4.32. The van der Waals surface area contributed by atoms with E-state index in [2.05, 4.69) is 11.9 Å². The van der Waals surface area contributed by atoms with Crippen molar-refractivity contribution in [2.75, 3.05) is 0 Å². The Bertz CT molecular complexity index is 531. The predicted octanol–water partition coefficient (Wildman–Crippen LogP) is 3.02. The molecule has 1 N–H and O–H groups in total. The molecule has 1 heterocycles. The second-order valence-corrected chi connectivity index (χ2v) is 4.82. The van der Waals surface area contributed by atoms with Crippen LogP contribution in [0.25, 0.3) is 0 Å². The Labute approximate surface area is 112 Å². The number of benzene rings is 1. The normalized spacial score (nSPS) is 12.6. The molecule has 0 saturated carbocycles. The predicted molar refractivity (Wildman–Crippen MR) is 72.3 cm³/mol. The number of nitrogens with zero attached hydrogens (tertiary/aromatic N) is 2. The second-order valence-electron chi connectivity index (χ2n) is 4.82. The van der Waals surface area contributed by atoms with Crippen LogP contribution in [0, 0.1) is 12.7 Å². The molecule has 1 aromatic carbocycles. The summed E-state index contributed by atoms with van der Waals surface area (Å²) in [6.45, 7) is 4.79. The molecule has 0 amide bonds. The molecule has 4 heteroatoms. The molecule has 0 bridgehead atoms. The highest BCUT2D eigenvalue weighted by molar-refractivity contribution is 5.26. The average Bonchev–Trinajstić information content (AvgIpc) is 2.76. The molecule has 3 nitrogen and oxygen atoms in total. The van der Waals surface area contributed by atoms with Gasteiger partial charge in [0.2, 0.25) is 0 Å². The fraction of sp³-hybridized carbons (Fsp3) is 0.400. The van der Waals surface area contributed by atoms with Crippen LogP contribution in [0.2, 0.25) is 0 Å². The third-order valence-corrected chi connectivity index (χ3v) is 3.09. The van der Waals surface area contributed by atoms with Gasteiger partial charge in [-0.25, -0.2) is 9.37 Å². The highest BCUT2D eigenvalue weighted by Gasteiger charge is 2.13. The largest absolute Gasteiger partial charge is 0.388 e. The van der Waals surface area contributed by atoms with Gasteiger partial charge in [0.05, 0.1) is 6.10 Å². The molecule has 1 aromatic heterocycles. The van der Waals surface area contributed by atoms with Crippen molar-refractivity contribution in [1.29, 1.82) is 0 Å². The van der Waals surface area contributed by atoms with Crippen LogP contribution < -0.4 is 0 Å². The molecule has 0 spiro atoms. The molecule has 1 unspecified atom stereocenters. The van der Waals surface area contributed by atoms with Crippen LogP contribution in [0.15, 0.2) is 30.6 Å². The van der Waals surface area contributed by atoms with Crippen LogP contribution in [0.4, 0.5) is 4.39 Å². The molecule has 2 rings (SSSR count). The number of aromatic nitrogens is 2. The average molecular weight is 262 g/mol. The maximum absolute atomic E-state index is 13.3. The Hall–Kier alpha value is -1.68. The lowest BCUT2D eigenvalue weighted by molar-refractivity contribution is 0.174. The van der Waals surface area contributed by atoms with Gasteiger partial charge in [0, 0.05) is 25.4 Å². The molecular formula is C15H19FN2O. The van der Waals surface area contributed by atoms with E-state index in [1.165, 1.54) is 12.1 Å². The number of aliphatic hydroxyl groups excluding tert-OH is 1. The van der Waals surface area contributed by atoms with E-state index in [9.17, 15) is 9.50 Å². The first-order chi connectivity index (χ1) is 9.10. The van der Waals surface area contributed by atoms with Gasteiger partial charge >= 0.3 is 0 Å². The topological polar surface area (TPSA) is 38.0 Å². The van der Waals surface area contributed by atoms with Crippen LogP contribution in [0.1, 0.15) is 36.4 Å². The zero-order valence-corrected chi connectivity index (χ0v) is 11.3. The lowest BCUT2D eigenvalue weighted by Crippen LogP contribution is -2.09. The van der Waals surface area contributed by atoms with Crippen LogP contribution in [-0.4, -0.2) is 14.7 Å². The van der Waals surface area contributed by atoms with E-state index in [1.54, 1.807) is 12.3 Å². The summed E-state index contributed by atoms with van der Waals surface area (Å²) < 4.78 is 15.4. The molecule has 0 radical (unpaired) electrons. The van der Waals surface area contributed by atoms with Crippen molar-refractivity contribution in [3.63, 3.8) is 0 Å². The maximum atomic E-state index is 13.3. The van der Waals surface area contributed by atoms with Crippen molar-refractivity contribution in [3.05, 3.63) is 53.4 Å². The lowest BCUT2D eigenvalue weighted by atomic mass is 10.0. The molecule has 19 heavy (non-hydrogen) atoms. The van der Waals surface area contributed by atoms with Crippen LogP contribution in [0.3, 0.4) is 0 Å². The smallest absolute Gasteiger partial charge is 0.123 e. The number of aliphatic hydroxyl groups is 1. The first-order valence-electron chi connectivity index (χ1n) is 6.55. The Balaban J connectivity index is 2.15. The van der Waals surface area contributed by atoms with E-state index in [-0.39, 0.29) is 5.82 Å². The van der Waals surface area contributed by atoms with Crippen molar-refractivity contribution < 1.29 is 9.50 Å². The molecule has 2 aromatic rings. The highest BCUT2D eigenvalue weighted by atomic mass is 19.1. The standard InChI is InChI=1S/C15H19FN2O/c1-3-5-18-6-4-17-15(18)10-14(19)12-7-11(2)8-13(16)9-12/h4,6-9,14,19H,3,5,10H2,1-2H3. The first kappa shape index (κ1) is 13.7. The Morgan fingerprint density at radius 1 is 1.37 bits per heavy atom. The van der Waals surface area contributed by atoms with E-state index in [4.69, 9.17) is 0 Å². The molecule has 0 saturated heterocycles. The van der Waals surface area contributed by atoms with E-state index in [0.29, 0.717) is 12.0 Å². The lowest BCUT2D eigenvalue weighted by Gasteiger charge is -2.13. The minimum absolute atomic E-state index is 0.314. The van der Waals surface area contributed by atoms with Gasteiger partial charge in [-0.3, -0.25) is 0 Å². The molecule has 0 aliphatic heterocycles. The molecule has 1 atom stereocenters. The van der Waals surface area contributed by atoms with E-state index >= 15 is 0 Å². The number of hydrogen-bond acceptors (Lipinski definition) is 2. The van der Waals surface area contributed by atoms with Crippen molar-refractivity contribution >= 4 is 0 Å². The van der Waals surface area contributed by atoms with Gasteiger partial charge in [0.1, 0.15) is 11.6 Å². The van der Waals surface area contributed by atoms with Gasteiger partial charge in [-0.1, -0.05) is 13.0 Å². The SMILES string of the molecule is CCCn1ccnc1CC(O)c1cc(C)cc(F)c1. The molecule has 0 aliphatic carbocycles. The van der Waals surface area contributed by atoms with Gasteiger partial charge in [-0.05, 0) is 36.6 Å².